The zero-order chi connectivity index (χ0) is 23.3. The van der Waals surface area contributed by atoms with Crippen molar-refractivity contribution in [3.8, 4) is 0 Å². The Kier molecular flexibility index (Phi) is 5.70. The minimum Gasteiger partial charge on any atom is -0.342 e. The molecule has 0 N–H and O–H groups in total. The number of ether oxygens (including phenoxy) is 2. The van der Waals surface area contributed by atoms with Crippen LogP contribution in [0.3, 0.4) is 0 Å². The minimum atomic E-state index is -1.86. The number of hydrogen-bond acceptors (Lipinski definition) is 6. The van der Waals surface area contributed by atoms with Gasteiger partial charge in [-0.25, -0.2) is 9.59 Å². The molecular weight excluding hydrogens is 420 g/mol. The third-order valence-electron chi connectivity index (χ3n) is 6.84. The van der Waals surface area contributed by atoms with E-state index in [9.17, 15) is 19.2 Å². The largest absolute Gasteiger partial charge is 0.342 e. The van der Waals surface area contributed by atoms with Crippen LogP contribution in [0.15, 0.2) is 0 Å². The Morgan fingerprint density at radius 2 is 1.06 bits per heavy atom. The SMILES string of the molecule is CCCCN(C)C(=O)C12N3COCN1C(=O)N1COCN(C3=O)C12C(=O)N(C)CCCC. The molecule has 12 heteroatoms. The molecular formula is C20H32N6O6. The molecule has 0 aliphatic carbocycles. The zero-order valence-corrected chi connectivity index (χ0v) is 19.2. The normalized spacial score (nSPS) is 28.4. The maximum atomic E-state index is 14.2. The summed E-state index contributed by atoms with van der Waals surface area (Å²) in [5.74, 6) is -0.944. The van der Waals surface area contributed by atoms with E-state index in [1.54, 1.807) is 14.1 Å². The van der Waals surface area contributed by atoms with Crippen molar-refractivity contribution in [1.29, 1.82) is 0 Å². The Morgan fingerprint density at radius 1 is 0.750 bits per heavy atom. The molecule has 4 saturated heterocycles. The maximum Gasteiger partial charge on any atom is 0.328 e. The third kappa shape index (κ3) is 2.56. The van der Waals surface area contributed by atoms with Crippen LogP contribution in [0.25, 0.3) is 0 Å². The second kappa shape index (κ2) is 8.07. The first-order valence-electron chi connectivity index (χ1n) is 11.2. The van der Waals surface area contributed by atoms with Gasteiger partial charge in [0.2, 0.25) is 0 Å². The summed E-state index contributed by atoms with van der Waals surface area (Å²) in [6.45, 7) is 4.10. The highest BCUT2D eigenvalue weighted by Gasteiger charge is 2.87. The number of nitrogens with zero attached hydrogens (tertiary/aromatic N) is 6. The Bertz CT molecular complexity index is 726. The van der Waals surface area contributed by atoms with Gasteiger partial charge < -0.3 is 19.3 Å². The van der Waals surface area contributed by atoms with Crippen LogP contribution in [0.4, 0.5) is 9.59 Å². The van der Waals surface area contributed by atoms with Crippen LogP contribution < -0.4 is 0 Å². The lowest BCUT2D eigenvalue weighted by Crippen LogP contribution is -2.80. The third-order valence-corrected chi connectivity index (χ3v) is 6.84. The number of likely N-dealkylation sites (N-methyl/N-ethyl adjacent to an activating group) is 2. The summed E-state index contributed by atoms with van der Waals surface area (Å²) in [6, 6.07) is -1.14. The van der Waals surface area contributed by atoms with Gasteiger partial charge in [-0.15, -0.1) is 0 Å². The summed E-state index contributed by atoms with van der Waals surface area (Å²) < 4.78 is 11.1. The molecule has 4 aliphatic rings. The predicted molar refractivity (Wildman–Crippen MR) is 110 cm³/mol. The molecule has 12 nitrogen and oxygen atoms in total. The lowest BCUT2D eigenvalue weighted by Gasteiger charge is -2.51. The fourth-order valence-electron chi connectivity index (χ4n) is 5.22. The van der Waals surface area contributed by atoms with E-state index in [1.165, 1.54) is 29.4 Å². The molecule has 4 rings (SSSR count). The minimum absolute atomic E-state index is 0.200. The highest BCUT2D eigenvalue weighted by atomic mass is 16.5. The molecule has 4 heterocycles. The molecule has 0 spiro atoms. The van der Waals surface area contributed by atoms with Crippen LogP contribution in [0.1, 0.15) is 39.5 Å². The van der Waals surface area contributed by atoms with Gasteiger partial charge in [0.25, 0.3) is 23.1 Å². The van der Waals surface area contributed by atoms with Crippen LogP contribution >= 0.6 is 0 Å². The molecule has 0 aromatic rings. The van der Waals surface area contributed by atoms with Crippen LogP contribution in [0.5, 0.6) is 0 Å². The van der Waals surface area contributed by atoms with Crippen molar-refractivity contribution in [2.45, 2.75) is 50.9 Å². The van der Waals surface area contributed by atoms with Crippen molar-refractivity contribution in [2.24, 2.45) is 0 Å². The molecule has 178 valence electrons. The summed E-state index contributed by atoms with van der Waals surface area (Å²) in [5.41, 5.74) is -3.72. The molecule has 32 heavy (non-hydrogen) atoms. The van der Waals surface area contributed by atoms with E-state index in [1.807, 2.05) is 13.8 Å². The van der Waals surface area contributed by atoms with Crippen LogP contribution in [-0.2, 0) is 19.1 Å². The number of hydrogen-bond donors (Lipinski definition) is 0. The molecule has 0 aromatic carbocycles. The number of carbonyl (C=O) groups excluding carboxylic acids is 4. The molecule has 0 saturated carbocycles. The van der Waals surface area contributed by atoms with E-state index in [0.717, 1.165) is 25.7 Å². The van der Waals surface area contributed by atoms with Gasteiger partial charge in [0.15, 0.2) is 0 Å². The molecule has 4 fully saturated rings. The van der Waals surface area contributed by atoms with Gasteiger partial charge in [-0.1, -0.05) is 26.7 Å². The molecule has 0 aromatic heterocycles. The summed E-state index contributed by atoms with van der Waals surface area (Å²) in [5, 5.41) is 0. The van der Waals surface area contributed by atoms with Crippen molar-refractivity contribution < 1.29 is 28.7 Å². The van der Waals surface area contributed by atoms with E-state index in [-0.39, 0.29) is 26.9 Å². The van der Waals surface area contributed by atoms with E-state index in [0.29, 0.717) is 13.1 Å². The number of rotatable bonds is 8. The zero-order valence-electron chi connectivity index (χ0n) is 19.2. The fourth-order valence-corrected chi connectivity index (χ4v) is 5.22. The number of carbonyl (C=O) groups is 4. The maximum absolute atomic E-state index is 14.2. The van der Waals surface area contributed by atoms with Crippen LogP contribution in [0.2, 0.25) is 0 Å². The molecule has 6 amide bonds. The van der Waals surface area contributed by atoms with E-state index < -0.39 is 35.2 Å². The first-order valence-corrected chi connectivity index (χ1v) is 11.2. The van der Waals surface area contributed by atoms with Gasteiger partial charge in [-0.3, -0.25) is 29.2 Å². The number of amides is 6. The van der Waals surface area contributed by atoms with E-state index >= 15 is 0 Å². The highest BCUT2D eigenvalue weighted by molar-refractivity contribution is 6.12. The molecule has 0 unspecified atom stereocenters. The number of urea groups is 2. The van der Waals surface area contributed by atoms with Crippen molar-refractivity contribution in [1.82, 2.24) is 29.4 Å². The molecule has 0 atom stereocenters. The lowest BCUT2D eigenvalue weighted by molar-refractivity contribution is -0.214. The summed E-state index contributed by atoms with van der Waals surface area (Å²) in [4.78, 5) is 63.3. The highest BCUT2D eigenvalue weighted by Crippen LogP contribution is 2.55. The van der Waals surface area contributed by atoms with Gasteiger partial charge in [-0.2, -0.15) is 0 Å². The Balaban J connectivity index is 1.92. The van der Waals surface area contributed by atoms with Crippen LogP contribution in [-0.4, -0.2) is 119 Å². The smallest absolute Gasteiger partial charge is 0.328 e. The van der Waals surface area contributed by atoms with Crippen LogP contribution in [0, 0.1) is 0 Å². The molecule has 0 bridgehead atoms. The lowest BCUT2D eigenvalue weighted by atomic mass is 9.87. The van der Waals surface area contributed by atoms with Gasteiger partial charge in [0, 0.05) is 27.2 Å². The average molecular weight is 453 g/mol. The van der Waals surface area contributed by atoms with Gasteiger partial charge in [0.05, 0.1) is 0 Å². The summed E-state index contributed by atoms with van der Waals surface area (Å²) in [7, 11) is 3.29. The monoisotopic (exact) mass is 452 g/mol. The second-order valence-corrected chi connectivity index (χ2v) is 8.71. The standard InChI is InChI=1S/C20H32N6O6/c1-5-7-9-21(3)15(27)19-20(16(28)22(4)10-8-6-2)25-13-32-14-26(20)18(30)24(19)12-31-11-23(19)17(25)29/h5-14H2,1-4H3. The first kappa shape index (κ1) is 22.6. The van der Waals surface area contributed by atoms with Gasteiger partial charge in [-0.05, 0) is 12.8 Å². The topological polar surface area (TPSA) is 106 Å². The van der Waals surface area contributed by atoms with Crippen molar-refractivity contribution in [2.75, 3.05) is 54.1 Å². The Morgan fingerprint density at radius 3 is 1.34 bits per heavy atom. The van der Waals surface area contributed by atoms with Gasteiger partial charge >= 0.3 is 12.1 Å². The Hall–Kier alpha value is -2.60. The Labute approximate surface area is 187 Å². The van der Waals surface area contributed by atoms with E-state index in [4.69, 9.17) is 9.47 Å². The molecule has 0 radical (unpaired) electrons. The van der Waals surface area contributed by atoms with Crippen molar-refractivity contribution in [3.63, 3.8) is 0 Å². The van der Waals surface area contributed by atoms with Gasteiger partial charge in [0.1, 0.15) is 26.9 Å². The predicted octanol–water partition coefficient (Wildman–Crippen LogP) is 0.262. The van der Waals surface area contributed by atoms with Crippen molar-refractivity contribution >= 4 is 23.9 Å². The first-order chi connectivity index (χ1) is 15.3. The average Bonchev–Trinajstić information content (AvgIpc) is 3.20. The number of unbranched alkanes of at least 4 members (excludes halogenated alkanes) is 2. The molecule has 4 aliphatic heterocycles. The van der Waals surface area contributed by atoms with E-state index in [2.05, 4.69) is 0 Å². The fraction of sp³-hybridized carbons (Fsp3) is 0.800. The summed E-state index contributed by atoms with van der Waals surface area (Å²) >= 11 is 0. The second-order valence-electron chi connectivity index (χ2n) is 8.71. The van der Waals surface area contributed by atoms with Crippen molar-refractivity contribution in [3.05, 3.63) is 0 Å². The quantitative estimate of drug-likeness (QED) is 0.523. The summed E-state index contributed by atoms with van der Waals surface area (Å²) in [6.07, 6.45) is 3.25.